The van der Waals surface area contributed by atoms with Gasteiger partial charge < -0.3 is 4.74 Å². The van der Waals surface area contributed by atoms with Gasteiger partial charge >= 0.3 is 0 Å². The van der Waals surface area contributed by atoms with E-state index in [1.165, 1.54) is 0 Å². The minimum atomic E-state index is 0.762. The summed E-state index contributed by atoms with van der Waals surface area (Å²) >= 11 is 11.1. The molecule has 0 spiro atoms. The molecule has 1 heterocycles. The summed E-state index contributed by atoms with van der Waals surface area (Å²) in [5, 5.41) is 3.83. The highest BCUT2D eigenvalue weighted by Crippen LogP contribution is 2.40. The fourth-order valence-electron chi connectivity index (χ4n) is 1.25. The van der Waals surface area contributed by atoms with Crippen molar-refractivity contribution in [2.24, 2.45) is 0 Å². The van der Waals surface area contributed by atoms with Gasteiger partial charge in [0.15, 0.2) is 0 Å². The Bertz CT molecular complexity index is 452. The van der Waals surface area contributed by atoms with E-state index in [4.69, 9.17) is 16.3 Å². The number of rotatable bonds is 1. The molecule has 0 aliphatic heterocycles. The van der Waals surface area contributed by atoms with E-state index in [0.717, 1.165) is 25.3 Å². The van der Waals surface area contributed by atoms with Crippen molar-refractivity contribution in [3.8, 4) is 5.75 Å². The molecule has 0 saturated carbocycles. The van der Waals surface area contributed by atoms with Gasteiger partial charge in [-0.25, -0.2) is 0 Å². The van der Waals surface area contributed by atoms with Crippen LogP contribution in [0.15, 0.2) is 22.0 Å². The number of benzene rings is 1. The molecule has 13 heavy (non-hydrogen) atoms. The zero-order valence-electron chi connectivity index (χ0n) is 6.80. The lowest BCUT2D eigenvalue weighted by Gasteiger charge is -2.05. The second kappa shape index (κ2) is 3.48. The van der Waals surface area contributed by atoms with Crippen LogP contribution in [-0.4, -0.2) is 7.11 Å². The molecular weight excluding hydrogens is 272 g/mol. The Labute approximate surface area is 93.4 Å². The van der Waals surface area contributed by atoms with Crippen molar-refractivity contribution < 1.29 is 4.74 Å². The number of halogens is 2. The van der Waals surface area contributed by atoms with Crippen molar-refractivity contribution in [2.75, 3.05) is 7.11 Å². The van der Waals surface area contributed by atoms with E-state index in [-0.39, 0.29) is 0 Å². The van der Waals surface area contributed by atoms with Gasteiger partial charge in [-0.1, -0.05) is 11.6 Å². The van der Waals surface area contributed by atoms with Crippen LogP contribution in [0.4, 0.5) is 0 Å². The van der Waals surface area contributed by atoms with Gasteiger partial charge in [-0.3, -0.25) is 0 Å². The Morgan fingerprint density at radius 1 is 1.54 bits per heavy atom. The molecule has 1 aromatic carbocycles. The molecule has 0 N–H and O–H groups in total. The molecule has 0 bridgehead atoms. The summed E-state index contributed by atoms with van der Waals surface area (Å²) < 4.78 is 7.24. The van der Waals surface area contributed by atoms with Crippen molar-refractivity contribution in [2.45, 2.75) is 0 Å². The normalized spacial score (nSPS) is 10.7. The average molecular weight is 278 g/mol. The Kier molecular flexibility index (Phi) is 2.49. The van der Waals surface area contributed by atoms with E-state index in [1.807, 2.05) is 17.5 Å². The first kappa shape index (κ1) is 9.31. The monoisotopic (exact) mass is 276 g/mol. The molecular formula is C9H6BrClOS. The zero-order valence-corrected chi connectivity index (χ0v) is 9.96. The zero-order chi connectivity index (χ0) is 9.42. The number of thiophene rings is 1. The summed E-state index contributed by atoms with van der Waals surface area (Å²) in [6.07, 6.45) is 0. The summed E-state index contributed by atoms with van der Waals surface area (Å²) in [5.74, 6) is 0.848. The van der Waals surface area contributed by atoms with Gasteiger partial charge in [0.2, 0.25) is 0 Å². The molecule has 2 rings (SSSR count). The number of ether oxygens (including phenoxy) is 1. The van der Waals surface area contributed by atoms with E-state index >= 15 is 0 Å². The van der Waals surface area contributed by atoms with E-state index in [0.29, 0.717) is 0 Å². The van der Waals surface area contributed by atoms with Crippen LogP contribution >= 0.6 is 38.9 Å². The maximum absolute atomic E-state index is 6.06. The highest BCUT2D eigenvalue weighted by molar-refractivity contribution is 9.10. The number of hydrogen-bond donors (Lipinski definition) is 0. The summed E-state index contributed by atoms with van der Waals surface area (Å²) in [7, 11) is 1.66. The SMILES string of the molecule is COc1c(Br)cc(Cl)c2sccc12. The molecule has 0 radical (unpaired) electrons. The molecule has 0 aliphatic rings. The molecule has 1 aromatic heterocycles. The van der Waals surface area contributed by atoms with Crippen LogP contribution in [-0.2, 0) is 0 Å². The van der Waals surface area contributed by atoms with E-state index < -0.39 is 0 Å². The Morgan fingerprint density at radius 3 is 3.00 bits per heavy atom. The predicted octanol–water partition coefficient (Wildman–Crippen LogP) is 4.33. The van der Waals surface area contributed by atoms with Crippen LogP contribution < -0.4 is 4.74 Å². The van der Waals surface area contributed by atoms with Crippen molar-refractivity contribution in [3.05, 3.63) is 27.0 Å². The van der Waals surface area contributed by atoms with Gasteiger partial charge in [0.1, 0.15) is 5.75 Å². The number of hydrogen-bond acceptors (Lipinski definition) is 2. The Hall–Kier alpha value is -0.250. The lowest BCUT2D eigenvalue weighted by molar-refractivity contribution is 0.417. The minimum absolute atomic E-state index is 0.762. The standard InChI is InChI=1S/C9H6BrClOS/c1-12-8-5-2-3-13-9(5)7(11)4-6(8)10/h2-4H,1H3. The number of methoxy groups -OCH3 is 1. The summed E-state index contributed by atoms with van der Waals surface area (Å²) in [4.78, 5) is 0. The van der Waals surface area contributed by atoms with Gasteiger partial charge in [0.25, 0.3) is 0 Å². The Morgan fingerprint density at radius 2 is 2.31 bits per heavy atom. The second-order valence-electron chi connectivity index (χ2n) is 2.54. The first-order valence-corrected chi connectivity index (χ1v) is 5.68. The third-order valence-electron chi connectivity index (χ3n) is 1.80. The van der Waals surface area contributed by atoms with Crippen LogP contribution in [0, 0.1) is 0 Å². The topological polar surface area (TPSA) is 9.23 Å². The maximum atomic E-state index is 6.06. The third kappa shape index (κ3) is 1.45. The fraction of sp³-hybridized carbons (Fsp3) is 0.111. The molecule has 4 heteroatoms. The fourth-order valence-corrected chi connectivity index (χ4v) is 3.13. The van der Waals surface area contributed by atoms with Crippen LogP contribution in [0.25, 0.3) is 10.1 Å². The van der Waals surface area contributed by atoms with E-state index in [2.05, 4.69) is 15.9 Å². The van der Waals surface area contributed by atoms with E-state index in [9.17, 15) is 0 Å². The quantitative estimate of drug-likeness (QED) is 0.754. The number of fused-ring (bicyclic) bond motifs is 1. The summed E-state index contributed by atoms with van der Waals surface area (Å²) in [5.41, 5.74) is 0. The van der Waals surface area contributed by atoms with E-state index in [1.54, 1.807) is 18.4 Å². The van der Waals surface area contributed by atoms with Gasteiger partial charge in [-0.2, -0.15) is 0 Å². The molecule has 68 valence electrons. The van der Waals surface area contributed by atoms with Crippen molar-refractivity contribution >= 4 is 49.0 Å². The van der Waals surface area contributed by atoms with Crippen molar-refractivity contribution in [1.29, 1.82) is 0 Å². The highest BCUT2D eigenvalue weighted by atomic mass is 79.9. The molecule has 0 amide bonds. The average Bonchev–Trinajstić information content (AvgIpc) is 2.53. The first-order valence-electron chi connectivity index (χ1n) is 3.63. The van der Waals surface area contributed by atoms with Crippen molar-refractivity contribution in [1.82, 2.24) is 0 Å². The van der Waals surface area contributed by atoms with Crippen molar-refractivity contribution in [3.63, 3.8) is 0 Å². The largest absolute Gasteiger partial charge is 0.495 e. The molecule has 0 saturated heterocycles. The van der Waals surface area contributed by atoms with Crippen LogP contribution in [0.5, 0.6) is 5.75 Å². The molecule has 0 atom stereocenters. The molecule has 0 aliphatic carbocycles. The lowest BCUT2D eigenvalue weighted by atomic mass is 10.2. The molecule has 1 nitrogen and oxygen atoms in total. The third-order valence-corrected chi connectivity index (χ3v) is 3.75. The smallest absolute Gasteiger partial charge is 0.141 e. The molecule has 2 aromatic rings. The predicted molar refractivity (Wildman–Crippen MR) is 61.1 cm³/mol. The lowest BCUT2D eigenvalue weighted by Crippen LogP contribution is -1.84. The first-order chi connectivity index (χ1) is 6.24. The summed E-state index contributed by atoms with van der Waals surface area (Å²) in [6.45, 7) is 0. The minimum Gasteiger partial charge on any atom is -0.495 e. The molecule has 0 unspecified atom stereocenters. The van der Waals surface area contributed by atoms with Gasteiger partial charge in [0.05, 0.1) is 21.3 Å². The molecule has 0 fully saturated rings. The van der Waals surface area contributed by atoms with Crippen LogP contribution in [0.3, 0.4) is 0 Å². The Balaban J connectivity index is 2.88. The van der Waals surface area contributed by atoms with Crippen LogP contribution in [0.1, 0.15) is 0 Å². The second-order valence-corrected chi connectivity index (χ2v) is 4.71. The van der Waals surface area contributed by atoms with Crippen LogP contribution in [0.2, 0.25) is 5.02 Å². The van der Waals surface area contributed by atoms with Gasteiger partial charge in [-0.05, 0) is 33.4 Å². The highest BCUT2D eigenvalue weighted by Gasteiger charge is 2.10. The maximum Gasteiger partial charge on any atom is 0.141 e. The summed E-state index contributed by atoms with van der Waals surface area (Å²) in [6, 6.07) is 3.87. The van der Waals surface area contributed by atoms with Gasteiger partial charge in [-0.15, -0.1) is 11.3 Å². The van der Waals surface area contributed by atoms with Gasteiger partial charge in [0, 0.05) is 5.39 Å².